The standard InChI is InChI=1S/C8H8N4O/c1-12-3-2-7(11-12)8-9-4-6(5-13)10-8/h2-5H,1H3,(H,9,10). The Balaban J connectivity index is 2.40. The molecule has 0 aliphatic carbocycles. The molecule has 0 spiro atoms. The maximum atomic E-state index is 10.4. The number of hydrogen-bond acceptors (Lipinski definition) is 3. The molecule has 2 aromatic heterocycles. The average molecular weight is 176 g/mol. The number of rotatable bonds is 2. The van der Waals surface area contributed by atoms with E-state index in [1.807, 2.05) is 19.3 Å². The van der Waals surface area contributed by atoms with Gasteiger partial charge in [-0.25, -0.2) is 4.98 Å². The lowest BCUT2D eigenvalue weighted by molar-refractivity contribution is 0.111. The van der Waals surface area contributed by atoms with Crippen LogP contribution in [0.15, 0.2) is 18.5 Å². The highest BCUT2D eigenvalue weighted by Gasteiger charge is 2.04. The summed E-state index contributed by atoms with van der Waals surface area (Å²) in [6.07, 6.45) is 4.02. The van der Waals surface area contributed by atoms with Crippen LogP contribution >= 0.6 is 0 Å². The van der Waals surface area contributed by atoms with E-state index < -0.39 is 0 Å². The van der Waals surface area contributed by atoms with Crippen LogP contribution in [-0.2, 0) is 7.05 Å². The lowest BCUT2D eigenvalue weighted by Gasteiger charge is -1.87. The number of H-pyrrole nitrogens is 1. The van der Waals surface area contributed by atoms with E-state index in [-0.39, 0.29) is 0 Å². The molecule has 0 bridgehead atoms. The molecule has 0 unspecified atom stereocenters. The summed E-state index contributed by atoms with van der Waals surface area (Å²) in [5.41, 5.74) is 1.19. The second kappa shape index (κ2) is 2.85. The summed E-state index contributed by atoms with van der Waals surface area (Å²) in [5.74, 6) is 0.614. The highest BCUT2D eigenvalue weighted by atomic mass is 16.1. The van der Waals surface area contributed by atoms with Crippen molar-refractivity contribution in [2.45, 2.75) is 0 Å². The lowest BCUT2D eigenvalue weighted by Crippen LogP contribution is -1.89. The second-order valence-corrected chi connectivity index (χ2v) is 2.68. The number of carbonyl (C=O) groups is 1. The van der Waals surface area contributed by atoms with Crippen LogP contribution in [0.3, 0.4) is 0 Å². The smallest absolute Gasteiger partial charge is 0.167 e. The Morgan fingerprint density at radius 3 is 3.00 bits per heavy atom. The quantitative estimate of drug-likeness (QED) is 0.682. The fourth-order valence-corrected chi connectivity index (χ4v) is 1.07. The number of imidazole rings is 1. The summed E-state index contributed by atoms with van der Waals surface area (Å²) in [7, 11) is 1.83. The Bertz CT molecular complexity index is 429. The third kappa shape index (κ3) is 1.35. The third-order valence-corrected chi connectivity index (χ3v) is 1.68. The number of hydrogen-bond donors (Lipinski definition) is 1. The molecule has 1 N–H and O–H groups in total. The lowest BCUT2D eigenvalue weighted by atomic mass is 10.4. The fourth-order valence-electron chi connectivity index (χ4n) is 1.07. The van der Waals surface area contributed by atoms with Gasteiger partial charge in [0.1, 0.15) is 5.69 Å². The zero-order chi connectivity index (χ0) is 9.26. The molecule has 0 aliphatic heterocycles. The van der Waals surface area contributed by atoms with E-state index in [4.69, 9.17) is 0 Å². The monoisotopic (exact) mass is 176 g/mol. The number of nitrogens with zero attached hydrogens (tertiary/aromatic N) is 3. The molecule has 0 amide bonds. The summed E-state index contributed by atoms with van der Waals surface area (Å²) in [6, 6.07) is 1.83. The van der Waals surface area contributed by atoms with Gasteiger partial charge in [-0.1, -0.05) is 0 Å². The van der Waals surface area contributed by atoms with Gasteiger partial charge in [-0.05, 0) is 6.07 Å². The number of aromatic amines is 1. The molecule has 0 radical (unpaired) electrons. The van der Waals surface area contributed by atoms with E-state index in [1.165, 1.54) is 6.20 Å². The van der Waals surface area contributed by atoms with Crippen molar-refractivity contribution in [3.05, 3.63) is 24.2 Å². The summed E-state index contributed by atoms with van der Waals surface area (Å²) in [5, 5.41) is 4.14. The third-order valence-electron chi connectivity index (χ3n) is 1.68. The summed E-state index contributed by atoms with van der Waals surface area (Å²) >= 11 is 0. The minimum absolute atomic E-state index is 0.459. The first kappa shape index (κ1) is 7.72. The molecule has 2 heterocycles. The first-order valence-electron chi connectivity index (χ1n) is 3.80. The fraction of sp³-hybridized carbons (Fsp3) is 0.125. The van der Waals surface area contributed by atoms with Crippen molar-refractivity contribution in [3.8, 4) is 11.5 Å². The molecule has 5 nitrogen and oxygen atoms in total. The van der Waals surface area contributed by atoms with E-state index in [0.717, 1.165) is 12.0 Å². The van der Waals surface area contributed by atoms with Crippen LogP contribution in [0.1, 0.15) is 10.5 Å². The van der Waals surface area contributed by atoms with Crippen molar-refractivity contribution in [3.63, 3.8) is 0 Å². The predicted molar refractivity (Wildman–Crippen MR) is 46.2 cm³/mol. The maximum absolute atomic E-state index is 10.4. The first-order chi connectivity index (χ1) is 6.29. The van der Waals surface area contributed by atoms with Crippen molar-refractivity contribution in [2.75, 3.05) is 0 Å². The second-order valence-electron chi connectivity index (χ2n) is 2.68. The normalized spacial score (nSPS) is 10.2. The molecule has 0 atom stereocenters. The van der Waals surface area contributed by atoms with Crippen LogP contribution in [0.25, 0.3) is 11.5 Å². The van der Waals surface area contributed by atoms with Crippen LogP contribution < -0.4 is 0 Å². The molecule has 13 heavy (non-hydrogen) atoms. The predicted octanol–water partition coefficient (Wildman–Crippen LogP) is 0.623. The molecule has 2 aromatic rings. The Labute approximate surface area is 74.4 Å². The van der Waals surface area contributed by atoms with Gasteiger partial charge in [0.2, 0.25) is 0 Å². The van der Waals surface area contributed by atoms with Crippen LogP contribution in [0.4, 0.5) is 0 Å². The van der Waals surface area contributed by atoms with Crippen molar-refractivity contribution < 1.29 is 4.79 Å². The van der Waals surface area contributed by atoms with Crippen molar-refractivity contribution in [2.24, 2.45) is 7.05 Å². The van der Waals surface area contributed by atoms with Gasteiger partial charge in [0, 0.05) is 13.2 Å². The molecule has 5 heteroatoms. The summed E-state index contributed by atoms with van der Waals surface area (Å²) in [6.45, 7) is 0. The van der Waals surface area contributed by atoms with Gasteiger partial charge in [-0.15, -0.1) is 0 Å². The van der Waals surface area contributed by atoms with Gasteiger partial charge >= 0.3 is 0 Å². The van der Waals surface area contributed by atoms with Gasteiger partial charge in [0.15, 0.2) is 12.1 Å². The van der Waals surface area contributed by atoms with E-state index in [2.05, 4.69) is 15.1 Å². The molecule has 66 valence electrons. The molecular weight excluding hydrogens is 168 g/mol. The van der Waals surface area contributed by atoms with Crippen molar-refractivity contribution in [1.82, 2.24) is 19.7 Å². The van der Waals surface area contributed by atoms with Crippen molar-refractivity contribution in [1.29, 1.82) is 0 Å². The van der Waals surface area contributed by atoms with Gasteiger partial charge in [-0.2, -0.15) is 5.10 Å². The molecule has 0 saturated heterocycles. The molecule has 2 rings (SSSR count). The topological polar surface area (TPSA) is 63.6 Å². The van der Waals surface area contributed by atoms with Gasteiger partial charge in [-0.3, -0.25) is 9.48 Å². The number of nitrogens with one attached hydrogen (secondary N) is 1. The largest absolute Gasteiger partial charge is 0.334 e. The highest BCUT2D eigenvalue weighted by molar-refractivity contribution is 5.72. The number of aryl methyl sites for hydroxylation is 1. The number of aromatic nitrogens is 4. The minimum atomic E-state index is 0.459. The van der Waals surface area contributed by atoms with Crippen LogP contribution in [0.2, 0.25) is 0 Å². The molecule has 0 fully saturated rings. The Hall–Kier alpha value is -1.91. The highest BCUT2D eigenvalue weighted by Crippen LogP contribution is 2.10. The zero-order valence-electron chi connectivity index (χ0n) is 7.06. The Morgan fingerprint density at radius 2 is 2.46 bits per heavy atom. The Kier molecular flexibility index (Phi) is 1.70. The van der Waals surface area contributed by atoms with Crippen LogP contribution in [0.5, 0.6) is 0 Å². The SMILES string of the molecule is Cn1ccc(-c2ncc(C=O)[nH]2)n1. The number of carbonyl (C=O) groups excluding carboxylic acids is 1. The van der Waals surface area contributed by atoms with E-state index in [0.29, 0.717) is 11.5 Å². The van der Waals surface area contributed by atoms with Crippen LogP contribution in [-0.4, -0.2) is 26.0 Å². The molecule has 0 aliphatic rings. The maximum Gasteiger partial charge on any atom is 0.167 e. The minimum Gasteiger partial charge on any atom is -0.334 e. The summed E-state index contributed by atoms with van der Waals surface area (Å²) < 4.78 is 1.68. The zero-order valence-corrected chi connectivity index (χ0v) is 7.06. The van der Waals surface area contributed by atoms with Gasteiger partial charge in [0.25, 0.3) is 0 Å². The van der Waals surface area contributed by atoms with E-state index in [1.54, 1.807) is 4.68 Å². The van der Waals surface area contributed by atoms with E-state index in [9.17, 15) is 4.79 Å². The van der Waals surface area contributed by atoms with Gasteiger partial charge in [0.05, 0.1) is 11.9 Å². The van der Waals surface area contributed by atoms with E-state index >= 15 is 0 Å². The molecule has 0 aromatic carbocycles. The van der Waals surface area contributed by atoms with Crippen molar-refractivity contribution >= 4 is 6.29 Å². The van der Waals surface area contributed by atoms with Gasteiger partial charge < -0.3 is 4.98 Å². The van der Waals surface area contributed by atoms with Crippen LogP contribution in [0, 0.1) is 0 Å². The first-order valence-corrected chi connectivity index (χ1v) is 3.80. The average Bonchev–Trinajstić information content (AvgIpc) is 2.71. The summed E-state index contributed by atoms with van der Waals surface area (Å²) in [4.78, 5) is 17.2. The molecular formula is C8H8N4O. The Morgan fingerprint density at radius 1 is 1.62 bits per heavy atom. The molecule has 0 saturated carbocycles. The number of aldehydes is 1.